The smallest absolute Gasteiger partial charge is 0.230 e. The molecule has 1 aromatic rings. The highest BCUT2D eigenvalue weighted by Crippen LogP contribution is 2.36. The van der Waals surface area contributed by atoms with E-state index in [0.29, 0.717) is 24.6 Å². The summed E-state index contributed by atoms with van der Waals surface area (Å²) in [5.74, 6) is 1.96. The van der Waals surface area contributed by atoms with Crippen LogP contribution in [0.4, 0.5) is 5.69 Å². The maximum atomic E-state index is 13.2. The number of nitrogens with zero attached hydrogens (tertiary/aromatic N) is 1. The van der Waals surface area contributed by atoms with Crippen molar-refractivity contribution in [1.29, 1.82) is 0 Å². The largest absolute Gasteiger partial charge is 0.312 e. The summed E-state index contributed by atoms with van der Waals surface area (Å²) in [6.07, 6.45) is 11.5. The molecule has 0 bridgehead atoms. The van der Waals surface area contributed by atoms with Gasteiger partial charge in [0.25, 0.3) is 0 Å². The first-order valence-corrected chi connectivity index (χ1v) is 11.7. The van der Waals surface area contributed by atoms with Gasteiger partial charge in [0.15, 0.2) is 5.78 Å². The number of Topliss-reactive ketones (excluding diaryl/α,β-unsaturated/α-hetero) is 1. The Bertz CT molecular complexity index is 679. The Morgan fingerprint density at radius 3 is 2.64 bits per heavy atom. The fourth-order valence-electron chi connectivity index (χ4n) is 4.78. The highest BCUT2D eigenvalue weighted by Gasteiger charge is 2.32. The standard InChI is InChI=1S/C24H34ClNO2/c1-2-3-6-18-9-11-19(12-10-18)24(28)26-16-5-7-20-17-21(13-14-22(20)26)23(27)8-4-15-25/h13-14,17-19H,2-12,15-16H2,1H3. The molecular weight excluding hydrogens is 370 g/mol. The van der Waals surface area contributed by atoms with E-state index in [-0.39, 0.29) is 11.7 Å². The SMILES string of the molecule is CCCCC1CCC(C(=O)N2CCCc3cc(C(=O)CCCCl)ccc32)CC1. The van der Waals surface area contributed by atoms with Gasteiger partial charge >= 0.3 is 0 Å². The van der Waals surface area contributed by atoms with Gasteiger partial charge in [-0.2, -0.15) is 0 Å². The average molecular weight is 404 g/mol. The second-order valence-corrected chi connectivity index (χ2v) is 8.89. The van der Waals surface area contributed by atoms with Crippen molar-refractivity contribution in [2.24, 2.45) is 11.8 Å². The number of anilines is 1. The Balaban J connectivity index is 1.65. The van der Waals surface area contributed by atoms with Crippen molar-refractivity contribution in [2.75, 3.05) is 17.3 Å². The molecule has 1 fully saturated rings. The van der Waals surface area contributed by atoms with Crippen molar-refractivity contribution < 1.29 is 9.59 Å². The second kappa shape index (κ2) is 10.4. The van der Waals surface area contributed by atoms with Crippen LogP contribution in [0, 0.1) is 11.8 Å². The van der Waals surface area contributed by atoms with Crippen LogP contribution in [0.3, 0.4) is 0 Å². The fourth-order valence-corrected chi connectivity index (χ4v) is 4.92. The van der Waals surface area contributed by atoms with Gasteiger partial charge in [-0.05, 0) is 74.6 Å². The lowest BCUT2D eigenvalue weighted by atomic mass is 9.79. The first kappa shape index (κ1) is 21.4. The number of hydrogen-bond donors (Lipinski definition) is 0. The van der Waals surface area contributed by atoms with Crippen LogP contribution in [0.1, 0.15) is 87.1 Å². The van der Waals surface area contributed by atoms with E-state index < -0.39 is 0 Å². The molecule has 1 amide bonds. The van der Waals surface area contributed by atoms with Crippen LogP contribution in [0.5, 0.6) is 0 Å². The van der Waals surface area contributed by atoms with E-state index in [1.165, 1.54) is 32.1 Å². The molecule has 2 aliphatic rings. The van der Waals surface area contributed by atoms with Crippen LogP contribution in [0.15, 0.2) is 18.2 Å². The van der Waals surface area contributed by atoms with Crippen molar-refractivity contribution in [2.45, 2.75) is 77.6 Å². The highest BCUT2D eigenvalue weighted by atomic mass is 35.5. The first-order valence-electron chi connectivity index (χ1n) is 11.2. The molecule has 1 aliphatic heterocycles. The third kappa shape index (κ3) is 5.17. The van der Waals surface area contributed by atoms with E-state index in [0.717, 1.165) is 55.0 Å². The summed E-state index contributed by atoms with van der Waals surface area (Å²) >= 11 is 5.71. The first-order chi connectivity index (χ1) is 13.6. The Labute approximate surface area is 174 Å². The molecule has 3 rings (SSSR count). The number of carbonyl (C=O) groups is 2. The zero-order valence-electron chi connectivity index (χ0n) is 17.2. The van der Waals surface area contributed by atoms with Gasteiger partial charge in [-0.1, -0.05) is 26.2 Å². The number of aryl methyl sites for hydroxylation is 1. The zero-order chi connectivity index (χ0) is 19.9. The minimum absolute atomic E-state index is 0.150. The lowest BCUT2D eigenvalue weighted by Gasteiger charge is -2.35. The average Bonchev–Trinajstić information content (AvgIpc) is 2.75. The molecule has 1 saturated carbocycles. The zero-order valence-corrected chi connectivity index (χ0v) is 18.0. The van der Waals surface area contributed by atoms with Gasteiger partial charge in [-0.15, -0.1) is 11.6 Å². The van der Waals surface area contributed by atoms with E-state index in [9.17, 15) is 9.59 Å². The molecule has 0 radical (unpaired) electrons. The molecule has 1 aromatic carbocycles. The number of hydrogen-bond acceptors (Lipinski definition) is 2. The molecule has 0 aromatic heterocycles. The van der Waals surface area contributed by atoms with Crippen LogP contribution in [-0.2, 0) is 11.2 Å². The Kier molecular flexibility index (Phi) is 7.96. The summed E-state index contributed by atoms with van der Waals surface area (Å²) < 4.78 is 0. The molecule has 1 heterocycles. The molecular formula is C24H34ClNO2. The minimum atomic E-state index is 0.150. The molecule has 0 spiro atoms. The maximum Gasteiger partial charge on any atom is 0.230 e. The predicted molar refractivity (Wildman–Crippen MR) is 116 cm³/mol. The minimum Gasteiger partial charge on any atom is -0.312 e. The van der Waals surface area contributed by atoms with Crippen molar-refractivity contribution in [1.82, 2.24) is 0 Å². The third-order valence-corrected chi connectivity index (χ3v) is 6.75. The quantitative estimate of drug-likeness (QED) is 0.384. The molecule has 1 aliphatic carbocycles. The summed E-state index contributed by atoms with van der Waals surface area (Å²) in [4.78, 5) is 27.6. The van der Waals surface area contributed by atoms with Crippen LogP contribution in [0.2, 0.25) is 0 Å². The number of fused-ring (bicyclic) bond motifs is 1. The number of rotatable bonds is 8. The lowest BCUT2D eigenvalue weighted by molar-refractivity contribution is -0.123. The summed E-state index contributed by atoms with van der Waals surface area (Å²) in [7, 11) is 0. The van der Waals surface area contributed by atoms with Crippen LogP contribution in [0.25, 0.3) is 0 Å². The summed E-state index contributed by atoms with van der Waals surface area (Å²) in [6.45, 7) is 3.06. The molecule has 0 N–H and O–H groups in total. The number of benzene rings is 1. The van der Waals surface area contributed by atoms with Crippen LogP contribution < -0.4 is 4.90 Å². The number of alkyl halides is 1. The molecule has 4 heteroatoms. The number of ketones is 1. The van der Waals surface area contributed by atoms with Gasteiger partial charge in [0.05, 0.1) is 0 Å². The van der Waals surface area contributed by atoms with Gasteiger partial charge in [0.2, 0.25) is 5.91 Å². The van der Waals surface area contributed by atoms with Gasteiger partial charge in [0.1, 0.15) is 0 Å². The van der Waals surface area contributed by atoms with E-state index in [2.05, 4.69) is 6.92 Å². The van der Waals surface area contributed by atoms with Crippen LogP contribution >= 0.6 is 11.6 Å². The monoisotopic (exact) mass is 403 g/mol. The molecule has 0 atom stereocenters. The number of amides is 1. The van der Waals surface area contributed by atoms with E-state index >= 15 is 0 Å². The van der Waals surface area contributed by atoms with Gasteiger partial charge < -0.3 is 4.90 Å². The molecule has 3 nitrogen and oxygen atoms in total. The predicted octanol–water partition coefficient (Wildman–Crippen LogP) is 6.16. The van der Waals surface area contributed by atoms with Crippen molar-refractivity contribution in [3.05, 3.63) is 29.3 Å². The fraction of sp³-hybridized carbons (Fsp3) is 0.667. The Morgan fingerprint density at radius 2 is 1.93 bits per heavy atom. The van der Waals surface area contributed by atoms with Crippen molar-refractivity contribution in [3.8, 4) is 0 Å². The topological polar surface area (TPSA) is 37.4 Å². The van der Waals surface area contributed by atoms with E-state index in [4.69, 9.17) is 11.6 Å². The Hall–Kier alpha value is -1.35. The molecule has 0 saturated heterocycles. The van der Waals surface area contributed by atoms with Gasteiger partial charge in [-0.25, -0.2) is 0 Å². The summed E-state index contributed by atoms with van der Waals surface area (Å²) in [5, 5.41) is 0. The number of halogens is 1. The summed E-state index contributed by atoms with van der Waals surface area (Å²) in [6, 6.07) is 5.89. The maximum absolute atomic E-state index is 13.2. The van der Waals surface area contributed by atoms with Crippen LogP contribution in [-0.4, -0.2) is 24.1 Å². The molecule has 154 valence electrons. The van der Waals surface area contributed by atoms with Crippen molar-refractivity contribution >= 4 is 29.0 Å². The lowest BCUT2D eigenvalue weighted by Crippen LogP contribution is -2.41. The third-order valence-electron chi connectivity index (χ3n) is 6.49. The highest BCUT2D eigenvalue weighted by molar-refractivity contribution is 6.18. The van der Waals surface area contributed by atoms with Crippen molar-refractivity contribution in [3.63, 3.8) is 0 Å². The summed E-state index contributed by atoms with van der Waals surface area (Å²) in [5.41, 5.74) is 2.93. The Morgan fingerprint density at radius 1 is 1.14 bits per heavy atom. The van der Waals surface area contributed by atoms with Gasteiger partial charge in [-0.3, -0.25) is 9.59 Å². The second-order valence-electron chi connectivity index (χ2n) is 8.51. The van der Waals surface area contributed by atoms with E-state index in [1.54, 1.807) is 0 Å². The number of carbonyl (C=O) groups excluding carboxylic acids is 2. The van der Waals surface area contributed by atoms with Gasteiger partial charge in [0, 0.05) is 36.0 Å². The molecule has 28 heavy (non-hydrogen) atoms. The normalized spacial score (nSPS) is 22.0. The number of unbranched alkanes of at least 4 members (excludes halogenated alkanes) is 1. The molecule has 0 unspecified atom stereocenters. The van der Waals surface area contributed by atoms with E-state index in [1.807, 2.05) is 23.1 Å².